The van der Waals surface area contributed by atoms with Crippen LogP contribution in [0.3, 0.4) is 0 Å². The van der Waals surface area contributed by atoms with Gasteiger partial charge in [0, 0.05) is 18.5 Å². The molecule has 3 rings (SSSR count). The molecule has 2 heterocycles. The van der Waals surface area contributed by atoms with Crippen molar-refractivity contribution in [1.29, 1.82) is 0 Å². The van der Waals surface area contributed by atoms with Crippen molar-refractivity contribution in [3.8, 4) is 0 Å². The first-order chi connectivity index (χ1) is 9.75. The van der Waals surface area contributed by atoms with Crippen LogP contribution < -0.4 is 10.6 Å². The summed E-state index contributed by atoms with van der Waals surface area (Å²) in [6, 6.07) is -0.119. The van der Waals surface area contributed by atoms with Gasteiger partial charge >= 0.3 is 0 Å². The Morgan fingerprint density at radius 1 is 1.15 bits per heavy atom. The Balaban J connectivity index is 1.63. The lowest BCUT2D eigenvalue weighted by Gasteiger charge is -2.37. The van der Waals surface area contributed by atoms with Gasteiger partial charge in [0.2, 0.25) is 11.8 Å². The number of amides is 2. The van der Waals surface area contributed by atoms with Gasteiger partial charge in [-0.25, -0.2) is 0 Å². The molecule has 3 fully saturated rings. The molecule has 112 valence electrons. The summed E-state index contributed by atoms with van der Waals surface area (Å²) in [5.74, 6) is 0.144. The van der Waals surface area contributed by atoms with Crippen molar-refractivity contribution >= 4 is 11.8 Å². The van der Waals surface area contributed by atoms with Crippen molar-refractivity contribution in [3.63, 3.8) is 0 Å². The van der Waals surface area contributed by atoms with Crippen LogP contribution in [0.4, 0.5) is 0 Å². The molecule has 3 aliphatic rings. The van der Waals surface area contributed by atoms with E-state index in [2.05, 4.69) is 10.6 Å². The molecule has 6 heteroatoms. The molecule has 1 saturated carbocycles. The lowest BCUT2D eigenvalue weighted by Crippen LogP contribution is -2.58. The summed E-state index contributed by atoms with van der Waals surface area (Å²) in [7, 11) is 0. The molecule has 20 heavy (non-hydrogen) atoms. The minimum atomic E-state index is -0.438. The summed E-state index contributed by atoms with van der Waals surface area (Å²) in [4.78, 5) is 26.6. The molecule has 0 aromatic carbocycles. The summed E-state index contributed by atoms with van der Waals surface area (Å²) in [5.41, 5.74) is 0. The normalized spacial score (nSPS) is 28.2. The maximum atomic E-state index is 12.6. The molecule has 1 aliphatic carbocycles. The average Bonchev–Trinajstić information content (AvgIpc) is 3.31. The molecular weight excluding hydrogens is 258 g/mol. The van der Waals surface area contributed by atoms with Gasteiger partial charge in [-0.2, -0.15) is 0 Å². The molecule has 2 saturated heterocycles. The van der Waals surface area contributed by atoms with Crippen LogP contribution in [0.15, 0.2) is 0 Å². The van der Waals surface area contributed by atoms with E-state index in [1.807, 2.05) is 0 Å². The van der Waals surface area contributed by atoms with E-state index in [1.165, 1.54) is 0 Å². The summed E-state index contributed by atoms with van der Waals surface area (Å²) in [5, 5.41) is 6.25. The van der Waals surface area contributed by atoms with Crippen molar-refractivity contribution in [3.05, 3.63) is 0 Å². The number of carbonyl (C=O) groups excluding carboxylic acids is 2. The fourth-order valence-electron chi connectivity index (χ4n) is 2.91. The Morgan fingerprint density at radius 2 is 1.90 bits per heavy atom. The van der Waals surface area contributed by atoms with Gasteiger partial charge in [-0.3, -0.25) is 9.59 Å². The van der Waals surface area contributed by atoms with Crippen molar-refractivity contribution in [1.82, 2.24) is 15.5 Å². The largest absolute Gasteiger partial charge is 0.377 e. The predicted molar refractivity (Wildman–Crippen MR) is 73.1 cm³/mol. The maximum absolute atomic E-state index is 12.6. The third kappa shape index (κ3) is 3.12. The molecule has 0 bridgehead atoms. The van der Waals surface area contributed by atoms with Crippen molar-refractivity contribution in [2.75, 3.05) is 32.8 Å². The highest BCUT2D eigenvalue weighted by molar-refractivity contribution is 5.89. The van der Waals surface area contributed by atoms with Crippen molar-refractivity contribution < 1.29 is 14.3 Å². The standard InChI is InChI=1S/C14H23N3O3/c18-13(16-11-1-2-11)12-9-20-8-7-17(12)14(19)10-3-5-15-6-4-10/h10-12,15H,1-9H2,(H,16,18). The zero-order valence-corrected chi connectivity index (χ0v) is 11.8. The number of ether oxygens (including phenoxy) is 1. The van der Waals surface area contributed by atoms with Crippen LogP contribution in [0.25, 0.3) is 0 Å². The van der Waals surface area contributed by atoms with Gasteiger partial charge < -0.3 is 20.3 Å². The van der Waals surface area contributed by atoms with Gasteiger partial charge in [-0.05, 0) is 38.8 Å². The highest BCUT2D eigenvalue weighted by Gasteiger charge is 2.37. The van der Waals surface area contributed by atoms with Gasteiger partial charge in [0.1, 0.15) is 6.04 Å². The van der Waals surface area contributed by atoms with Gasteiger partial charge in [-0.15, -0.1) is 0 Å². The van der Waals surface area contributed by atoms with Crippen LogP contribution in [0, 0.1) is 5.92 Å². The van der Waals surface area contributed by atoms with E-state index in [-0.39, 0.29) is 17.7 Å². The molecular formula is C14H23N3O3. The third-order valence-corrected chi connectivity index (χ3v) is 4.33. The van der Waals surface area contributed by atoms with Crippen LogP contribution in [0.2, 0.25) is 0 Å². The molecule has 2 aliphatic heterocycles. The Labute approximate surface area is 119 Å². The zero-order valence-electron chi connectivity index (χ0n) is 11.8. The third-order valence-electron chi connectivity index (χ3n) is 4.33. The van der Waals surface area contributed by atoms with Crippen LogP contribution in [-0.4, -0.2) is 61.6 Å². The van der Waals surface area contributed by atoms with Crippen LogP contribution >= 0.6 is 0 Å². The van der Waals surface area contributed by atoms with Crippen molar-refractivity contribution in [2.45, 2.75) is 37.8 Å². The predicted octanol–water partition coefficient (Wildman–Crippen LogP) is -0.508. The molecule has 0 radical (unpaired) electrons. The summed E-state index contributed by atoms with van der Waals surface area (Å²) < 4.78 is 5.41. The monoisotopic (exact) mass is 281 g/mol. The lowest BCUT2D eigenvalue weighted by molar-refractivity contribution is -0.152. The number of nitrogens with zero attached hydrogens (tertiary/aromatic N) is 1. The number of hydrogen-bond donors (Lipinski definition) is 2. The average molecular weight is 281 g/mol. The first-order valence-electron chi connectivity index (χ1n) is 7.65. The SMILES string of the molecule is O=C(NC1CC1)C1COCCN1C(=O)C1CCNCC1. The Bertz CT molecular complexity index is 378. The van der Waals surface area contributed by atoms with E-state index < -0.39 is 6.04 Å². The second-order valence-electron chi connectivity index (χ2n) is 5.93. The Hall–Kier alpha value is -1.14. The minimum absolute atomic E-state index is 0.0468. The molecule has 6 nitrogen and oxygen atoms in total. The highest BCUT2D eigenvalue weighted by Crippen LogP contribution is 2.22. The molecule has 2 amide bonds. The van der Waals surface area contributed by atoms with Crippen LogP contribution in [0.1, 0.15) is 25.7 Å². The Morgan fingerprint density at radius 3 is 2.60 bits per heavy atom. The first-order valence-corrected chi connectivity index (χ1v) is 7.65. The summed E-state index contributed by atoms with van der Waals surface area (Å²) in [6.07, 6.45) is 3.85. The van der Waals surface area contributed by atoms with E-state index >= 15 is 0 Å². The zero-order chi connectivity index (χ0) is 13.9. The molecule has 0 spiro atoms. The number of hydrogen-bond acceptors (Lipinski definition) is 4. The highest BCUT2D eigenvalue weighted by atomic mass is 16.5. The molecule has 0 aromatic rings. The van der Waals surface area contributed by atoms with Crippen molar-refractivity contribution in [2.24, 2.45) is 5.92 Å². The Kier molecular flexibility index (Phi) is 4.21. The molecule has 0 aromatic heterocycles. The number of rotatable bonds is 3. The van der Waals surface area contributed by atoms with Gasteiger partial charge in [0.25, 0.3) is 0 Å². The molecule has 1 unspecified atom stereocenters. The maximum Gasteiger partial charge on any atom is 0.245 e. The number of carbonyl (C=O) groups is 2. The summed E-state index contributed by atoms with van der Waals surface area (Å²) >= 11 is 0. The van der Waals surface area contributed by atoms with E-state index in [4.69, 9.17) is 4.74 Å². The number of morpholine rings is 1. The molecule has 1 atom stereocenters. The fraction of sp³-hybridized carbons (Fsp3) is 0.857. The quantitative estimate of drug-likeness (QED) is 0.731. The number of nitrogens with one attached hydrogen (secondary N) is 2. The second-order valence-corrected chi connectivity index (χ2v) is 5.93. The van der Waals surface area contributed by atoms with E-state index in [0.29, 0.717) is 25.8 Å². The summed E-state index contributed by atoms with van der Waals surface area (Å²) in [6.45, 7) is 3.17. The molecule has 2 N–H and O–H groups in total. The van der Waals surface area contributed by atoms with Gasteiger partial charge in [0.15, 0.2) is 0 Å². The van der Waals surface area contributed by atoms with E-state index in [0.717, 1.165) is 38.8 Å². The minimum Gasteiger partial charge on any atom is -0.377 e. The van der Waals surface area contributed by atoms with Gasteiger partial charge in [0.05, 0.1) is 13.2 Å². The fourth-order valence-corrected chi connectivity index (χ4v) is 2.91. The number of piperidine rings is 1. The topological polar surface area (TPSA) is 70.7 Å². The first kappa shape index (κ1) is 13.8. The van der Waals surface area contributed by atoms with E-state index in [9.17, 15) is 9.59 Å². The van der Waals surface area contributed by atoms with Gasteiger partial charge in [-0.1, -0.05) is 0 Å². The smallest absolute Gasteiger partial charge is 0.245 e. The van der Waals surface area contributed by atoms with Crippen LogP contribution in [-0.2, 0) is 14.3 Å². The lowest BCUT2D eigenvalue weighted by atomic mass is 9.95. The van der Waals surface area contributed by atoms with Crippen LogP contribution in [0.5, 0.6) is 0 Å². The van der Waals surface area contributed by atoms with E-state index in [1.54, 1.807) is 4.90 Å². The second kappa shape index (κ2) is 6.10.